The minimum Gasteiger partial charge on any atom is -0.463 e. The summed E-state index contributed by atoms with van der Waals surface area (Å²) >= 11 is 0. The Morgan fingerprint density at radius 3 is 2.40 bits per heavy atom. The van der Waals surface area contributed by atoms with Gasteiger partial charge in [-0.1, -0.05) is 0 Å². The first-order valence-electron chi connectivity index (χ1n) is 6.20. The summed E-state index contributed by atoms with van der Waals surface area (Å²) in [5.74, 6) is -1.41. The van der Waals surface area contributed by atoms with Crippen LogP contribution in [0.1, 0.15) is 27.2 Å². The molecule has 0 saturated carbocycles. The second-order valence-corrected chi connectivity index (χ2v) is 4.55. The van der Waals surface area contributed by atoms with Crippen LogP contribution >= 0.6 is 0 Å². The van der Waals surface area contributed by atoms with E-state index in [-0.39, 0.29) is 18.9 Å². The van der Waals surface area contributed by atoms with Gasteiger partial charge in [-0.25, -0.2) is 0 Å². The van der Waals surface area contributed by atoms with Crippen LogP contribution in [0, 0.1) is 0 Å². The minimum absolute atomic E-state index is 0.0775. The van der Waals surface area contributed by atoms with Gasteiger partial charge in [-0.05, 0) is 0 Å². The van der Waals surface area contributed by atoms with Gasteiger partial charge in [-0.3, -0.25) is 14.4 Å². The molecule has 0 aliphatic carbocycles. The summed E-state index contributed by atoms with van der Waals surface area (Å²) < 4.78 is 15.1. The van der Waals surface area contributed by atoms with Gasteiger partial charge in [0.1, 0.15) is 12.7 Å². The third-order valence-electron chi connectivity index (χ3n) is 2.69. The van der Waals surface area contributed by atoms with E-state index in [0.29, 0.717) is 0 Å². The van der Waals surface area contributed by atoms with E-state index in [1.165, 1.54) is 20.8 Å². The maximum Gasteiger partial charge on any atom is 0.303 e. The van der Waals surface area contributed by atoms with E-state index < -0.39 is 36.5 Å². The van der Waals surface area contributed by atoms with Crippen LogP contribution in [0.3, 0.4) is 0 Å². The minimum atomic E-state index is -1.14. The number of aliphatic hydroxyl groups is 1. The number of hydrogen-bond acceptors (Lipinski definition) is 7. The molecule has 0 aromatic carbocycles. The van der Waals surface area contributed by atoms with Crippen molar-refractivity contribution in [1.29, 1.82) is 0 Å². The molecule has 4 atom stereocenters. The highest BCUT2D eigenvalue weighted by atomic mass is 16.6. The average molecular weight is 289 g/mol. The highest BCUT2D eigenvalue weighted by molar-refractivity contribution is 5.73. The summed E-state index contributed by atoms with van der Waals surface area (Å²) in [5.41, 5.74) is 0. The Labute approximate surface area is 116 Å². The Morgan fingerprint density at radius 1 is 1.25 bits per heavy atom. The van der Waals surface area contributed by atoms with Crippen LogP contribution in [0.25, 0.3) is 0 Å². The van der Waals surface area contributed by atoms with Gasteiger partial charge in [-0.2, -0.15) is 0 Å². The zero-order valence-electron chi connectivity index (χ0n) is 11.6. The van der Waals surface area contributed by atoms with Gasteiger partial charge < -0.3 is 24.6 Å². The number of nitrogens with one attached hydrogen (secondary N) is 1. The fraction of sp³-hybridized carbons (Fsp3) is 0.750. The lowest BCUT2D eigenvalue weighted by atomic mass is 9.98. The third kappa shape index (κ3) is 5.14. The summed E-state index contributed by atoms with van der Waals surface area (Å²) in [6, 6.07) is -0.610. The van der Waals surface area contributed by atoms with Gasteiger partial charge in [0, 0.05) is 27.2 Å². The second kappa shape index (κ2) is 7.20. The molecule has 2 N–H and O–H groups in total. The maximum absolute atomic E-state index is 11.2. The molecule has 0 bridgehead atoms. The predicted octanol–water partition coefficient (Wildman–Crippen LogP) is -0.907. The number of carbonyl (C=O) groups is 3. The molecule has 0 aromatic rings. The molecule has 8 nitrogen and oxygen atoms in total. The number of rotatable bonds is 4. The van der Waals surface area contributed by atoms with Crippen LogP contribution < -0.4 is 5.32 Å². The van der Waals surface area contributed by atoms with Gasteiger partial charge in [0.2, 0.25) is 5.91 Å². The highest BCUT2D eigenvalue weighted by Gasteiger charge is 2.41. The monoisotopic (exact) mass is 289 g/mol. The Morgan fingerprint density at radius 2 is 1.90 bits per heavy atom. The fourth-order valence-electron chi connectivity index (χ4n) is 2.03. The van der Waals surface area contributed by atoms with Crippen molar-refractivity contribution in [3.05, 3.63) is 0 Å². The summed E-state index contributed by atoms with van der Waals surface area (Å²) in [4.78, 5) is 33.1. The average Bonchev–Trinajstić information content (AvgIpc) is 2.28. The lowest BCUT2D eigenvalue weighted by Gasteiger charge is -2.39. The maximum atomic E-state index is 11.2. The standard InChI is InChI=1S/C12H19NO7/c1-6(14)13-9-4-11(17)20-10(5-18-7(2)15)12(9)19-8(3)16/h9-12,17H,4-5H2,1-3H3,(H,13,14)/t9-,10+,11-,12-/m0/s1. The highest BCUT2D eigenvalue weighted by Crippen LogP contribution is 2.22. The van der Waals surface area contributed by atoms with Crippen LogP contribution in [0.15, 0.2) is 0 Å². The Kier molecular flexibility index (Phi) is 5.90. The van der Waals surface area contributed by atoms with E-state index in [9.17, 15) is 19.5 Å². The molecule has 114 valence electrons. The molecule has 1 aliphatic heterocycles. The number of esters is 2. The first-order valence-corrected chi connectivity index (χ1v) is 6.20. The van der Waals surface area contributed by atoms with Crippen molar-refractivity contribution in [3.63, 3.8) is 0 Å². The Balaban J connectivity index is 2.82. The van der Waals surface area contributed by atoms with E-state index in [4.69, 9.17) is 14.2 Å². The number of carbonyl (C=O) groups excluding carboxylic acids is 3. The molecule has 1 heterocycles. The number of ether oxygens (including phenoxy) is 3. The zero-order chi connectivity index (χ0) is 15.3. The first-order chi connectivity index (χ1) is 9.29. The SMILES string of the molecule is CC(=O)N[C@H]1C[C@@H](O)O[C@H](COC(C)=O)[C@H]1OC(C)=O. The number of hydrogen-bond donors (Lipinski definition) is 2. The van der Waals surface area contributed by atoms with Crippen LogP contribution in [0.5, 0.6) is 0 Å². The number of amides is 1. The summed E-state index contributed by atoms with van der Waals surface area (Å²) in [6.45, 7) is 3.58. The largest absolute Gasteiger partial charge is 0.463 e. The van der Waals surface area contributed by atoms with Gasteiger partial charge in [0.25, 0.3) is 0 Å². The molecule has 1 saturated heterocycles. The molecule has 8 heteroatoms. The Bertz CT molecular complexity index is 384. The quantitative estimate of drug-likeness (QED) is 0.645. The van der Waals surface area contributed by atoms with Gasteiger partial charge in [0.15, 0.2) is 12.4 Å². The molecule has 1 aliphatic rings. The van der Waals surface area contributed by atoms with Crippen molar-refractivity contribution in [3.8, 4) is 0 Å². The fourth-order valence-corrected chi connectivity index (χ4v) is 2.03. The topological polar surface area (TPSA) is 111 Å². The van der Waals surface area contributed by atoms with Gasteiger partial charge in [0.05, 0.1) is 6.04 Å². The van der Waals surface area contributed by atoms with E-state index in [2.05, 4.69) is 5.32 Å². The molecule has 20 heavy (non-hydrogen) atoms. The molecule has 0 unspecified atom stereocenters. The Hall–Kier alpha value is -1.67. The van der Waals surface area contributed by atoms with Gasteiger partial charge >= 0.3 is 11.9 Å². The normalized spacial score (nSPS) is 29.4. The number of aliphatic hydroxyl groups excluding tert-OH is 1. The van der Waals surface area contributed by atoms with E-state index >= 15 is 0 Å². The summed E-state index contributed by atoms with van der Waals surface area (Å²) in [5, 5.41) is 12.2. The summed E-state index contributed by atoms with van der Waals surface area (Å²) in [7, 11) is 0. The smallest absolute Gasteiger partial charge is 0.303 e. The lowest BCUT2D eigenvalue weighted by molar-refractivity contribution is -0.228. The van der Waals surface area contributed by atoms with Crippen molar-refractivity contribution < 1.29 is 33.7 Å². The zero-order valence-corrected chi connectivity index (χ0v) is 11.6. The van der Waals surface area contributed by atoms with Crippen LogP contribution in [0.4, 0.5) is 0 Å². The molecule has 0 aromatic heterocycles. The van der Waals surface area contributed by atoms with Crippen molar-refractivity contribution >= 4 is 17.8 Å². The van der Waals surface area contributed by atoms with Gasteiger partial charge in [-0.15, -0.1) is 0 Å². The van der Waals surface area contributed by atoms with Crippen LogP contribution in [0.2, 0.25) is 0 Å². The van der Waals surface area contributed by atoms with E-state index in [1.807, 2.05) is 0 Å². The third-order valence-corrected chi connectivity index (χ3v) is 2.69. The molecular weight excluding hydrogens is 270 g/mol. The molecule has 0 radical (unpaired) electrons. The lowest BCUT2D eigenvalue weighted by Crippen LogP contribution is -2.58. The molecule has 1 amide bonds. The molecular formula is C12H19NO7. The van der Waals surface area contributed by atoms with E-state index in [1.54, 1.807) is 0 Å². The second-order valence-electron chi connectivity index (χ2n) is 4.55. The van der Waals surface area contributed by atoms with Crippen molar-refractivity contribution in [2.24, 2.45) is 0 Å². The predicted molar refractivity (Wildman–Crippen MR) is 65.3 cm³/mol. The van der Waals surface area contributed by atoms with Crippen molar-refractivity contribution in [2.75, 3.05) is 6.61 Å². The van der Waals surface area contributed by atoms with Crippen LogP contribution in [-0.4, -0.2) is 54.1 Å². The first kappa shape index (κ1) is 16.4. The van der Waals surface area contributed by atoms with Crippen molar-refractivity contribution in [1.82, 2.24) is 5.32 Å². The van der Waals surface area contributed by atoms with Crippen LogP contribution in [-0.2, 0) is 28.6 Å². The molecule has 1 fully saturated rings. The summed E-state index contributed by atoms with van der Waals surface area (Å²) in [6.07, 6.45) is -2.74. The molecule has 0 spiro atoms. The molecule has 1 rings (SSSR count). The van der Waals surface area contributed by atoms with E-state index in [0.717, 1.165) is 0 Å². The van der Waals surface area contributed by atoms with Crippen molar-refractivity contribution in [2.45, 2.75) is 51.7 Å².